The molecule has 0 bridgehead atoms. The Labute approximate surface area is 190 Å². The molecule has 0 unspecified atom stereocenters. The molecule has 178 valence electrons. The van der Waals surface area contributed by atoms with E-state index >= 15 is 0 Å². The molecular weight excluding hydrogens is 457 g/mol. The minimum atomic E-state index is -5.06. The summed E-state index contributed by atoms with van der Waals surface area (Å²) < 4.78 is 68.3. The standard InChI is InChI=1S/C23H25F3N2O4S/c1-15-13-19-20(10-9-18(21(19)29)22(30)23(24,25)26)28(15)16-7-6-8-17(14-16)33(31,32)27-11-4-2-3-5-12-27/h6-8,13-14,18H,2-5,9-12H2,1H3/t18-/m1/s1. The maximum atomic E-state index is 13.2. The Morgan fingerprint density at radius 3 is 2.36 bits per heavy atom. The van der Waals surface area contributed by atoms with Crippen LogP contribution in [0, 0.1) is 12.8 Å². The SMILES string of the molecule is Cc1cc2c(n1-c1cccc(S(=O)(=O)N3CCCCCC3)c1)CC[C@@H](C(=O)C(F)(F)F)C2=O. The summed E-state index contributed by atoms with van der Waals surface area (Å²) >= 11 is 0. The van der Waals surface area contributed by atoms with Gasteiger partial charge in [-0.15, -0.1) is 0 Å². The van der Waals surface area contributed by atoms with Gasteiger partial charge in [-0.1, -0.05) is 18.9 Å². The lowest BCUT2D eigenvalue weighted by Crippen LogP contribution is -2.38. The molecule has 0 N–H and O–H groups in total. The maximum Gasteiger partial charge on any atom is 0.450 e. The Morgan fingerprint density at radius 2 is 1.73 bits per heavy atom. The number of rotatable bonds is 4. The smallest absolute Gasteiger partial charge is 0.317 e. The summed E-state index contributed by atoms with van der Waals surface area (Å²) in [5.74, 6) is -4.59. The molecule has 1 saturated heterocycles. The van der Waals surface area contributed by atoms with Gasteiger partial charge in [0.05, 0.1) is 10.8 Å². The van der Waals surface area contributed by atoms with Crippen LogP contribution in [0.25, 0.3) is 5.69 Å². The highest BCUT2D eigenvalue weighted by molar-refractivity contribution is 7.89. The molecule has 4 rings (SSSR count). The van der Waals surface area contributed by atoms with Crippen LogP contribution in [0.2, 0.25) is 0 Å². The van der Waals surface area contributed by atoms with Gasteiger partial charge < -0.3 is 4.57 Å². The van der Waals surface area contributed by atoms with Crippen molar-refractivity contribution < 1.29 is 31.2 Å². The molecule has 0 saturated carbocycles. The summed E-state index contributed by atoms with van der Waals surface area (Å²) in [5, 5.41) is 0. The highest BCUT2D eigenvalue weighted by Crippen LogP contribution is 2.35. The molecule has 1 aromatic carbocycles. The molecule has 1 atom stereocenters. The zero-order valence-corrected chi connectivity index (χ0v) is 19.0. The van der Waals surface area contributed by atoms with Gasteiger partial charge in [-0.25, -0.2) is 8.42 Å². The fourth-order valence-electron chi connectivity index (χ4n) is 4.77. The summed E-state index contributed by atoms with van der Waals surface area (Å²) in [4.78, 5) is 24.6. The van der Waals surface area contributed by atoms with E-state index in [0.29, 0.717) is 30.2 Å². The van der Waals surface area contributed by atoms with Crippen molar-refractivity contribution in [3.05, 3.63) is 47.3 Å². The van der Waals surface area contributed by atoms with E-state index in [1.807, 2.05) is 0 Å². The van der Waals surface area contributed by atoms with Gasteiger partial charge >= 0.3 is 6.18 Å². The molecule has 0 radical (unpaired) electrons. The molecular formula is C23H25F3N2O4S. The van der Waals surface area contributed by atoms with E-state index in [9.17, 15) is 31.2 Å². The van der Waals surface area contributed by atoms with Gasteiger partial charge in [-0.3, -0.25) is 9.59 Å². The Kier molecular flexibility index (Phi) is 6.26. The van der Waals surface area contributed by atoms with Gasteiger partial charge in [0, 0.05) is 35.7 Å². The van der Waals surface area contributed by atoms with Crippen LogP contribution >= 0.6 is 0 Å². The lowest BCUT2D eigenvalue weighted by Gasteiger charge is -2.23. The first-order valence-corrected chi connectivity index (χ1v) is 12.4. The first-order chi connectivity index (χ1) is 15.5. The predicted octanol–water partition coefficient (Wildman–Crippen LogP) is 4.23. The maximum absolute atomic E-state index is 13.2. The molecule has 1 aromatic heterocycles. The van der Waals surface area contributed by atoms with Crippen LogP contribution in [0.4, 0.5) is 13.2 Å². The summed E-state index contributed by atoms with van der Waals surface area (Å²) in [6, 6.07) is 7.85. The summed E-state index contributed by atoms with van der Waals surface area (Å²) in [5.41, 5.74) is 1.67. The number of ketones is 2. The van der Waals surface area contributed by atoms with E-state index in [1.54, 1.807) is 23.6 Å². The number of hydrogen-bond acceptors (Lipinski definition) is 4. The van der Waals surface area contributed by atoms with E-state index in [-0.39, 0.29) is 23.3 Å². The van der Waals surface area contributed by atoms with Gasteiger partial charge in [0.2, 0.25) is 15.8 Å². The Morgan fingerprint density at radius 1 is 1.06 bits per heavy atom. The molecule has 2 aromatic rings. The molecule has 1 fully saturated rings. The lowest BCUT2D eigenvalue weighted by atomic mass is 9.83. The number of fused-ring (bicyclic) bond motifs is 1. The number of Topliss-reactive ketones (excluding diaryl/α,β-unsaturated/α-hetero) is 2. The molecule has 0 amide bonds. The topological polar surface area (TPSA) is 76.5 Å². The van der Waals surface area contributed by atoms with Crippen molar-refractivity contribution >= 4 is 21.6 Å². The van der Waals surface area contributed by atoms with Crippen LogP contribution in [0.1, 0.15) is 53.8 Å². The van der Waals surface area contributed by atoms with Crippen LogP contribution in [0.3, 0.4) is 0 Å². The molecule has 6 nitrogen and oxygen atoms in total. The summed E-state index contributed by atoms with van der Waals surface area (Å²) in [7, 11) is -3.70. The van der Waals surface area contributed by atoms with Gasteiger partial charge in [0.15, 0.2) is 5.78 Å². The summed E-state index contributed by atoms with van der Waals surface area (Å²) in [6.45, 7) is 2.63. The quantitative estimate of drug-likeness (QED) is 0.612. The normalized spacial score (nSPS) is 20.4. The molecule has 2 aliphatic rings. The lowest BCUT2D eigenvalue weighted by molar-refractivity contribution is -0.174. The molecule has 2 heterocycles. The van der Waals surface area contributed by atoms with Gasteiger partial charge in [-0.2, -0.15) is 17.5 Å². The number of nitrogens with zero attached hydrogens (tertiary/aromatic N) is 2. The average Bonchev–Trinajstić information content (AvgIpc) is 2.92. The highest BCUT2D eigenvalue weighted by atomic mass is 32.2. The first-order valence-electron chi connectivity index (χ1n) is 11.0. The number of halogens is 3. The number of benzene rings is 1. The van der Waals surface area contributed by atoms with Crippen molar-refractivity contribution in [2.24, 2.45) is 5.92 Å². The molecule has 1 aliphatic heterocycles. The second kappa shape index (κ2) is 8.72. The number of alkyl halides is 3. The number of hydrogen-bond donors (Lipinski definition) is 0. The van der Waals surface area contributed by atoms with Crippen molar-refractivity contribution in [2.45, 2.75) is 56.5 Å². The Bertz CT molecular complexity index is 1190. The molecule has 33 heavy (non-hydrogen) atoms. The number of carbonyl (C=O) groups is 2. The van der Waals surface area contributed by atoms with Crippen LogP contribution in [-0.4, -0.2) is 48.1 Å². The van der Waals surface area contributed by atoms with Crippen LogP contribution in [0.15, 0.2) is 35.2 Å². The fourth-order valence-corrected chi connectivity index (χ4v) is 6.33. The zero-order valence-electron chi connectivity index (χ0n) is 18.2. The minimum absolute atomic E-state index is 0.0853. The number of aromatic nitrogens is 1. The van der Waals surface area contributed by atoms with Crippen molar-refractivity contribution in [3.63, 3.8) is 0 Å². The van der Waals surface area contributed by atoms with Gasteiger partial charge in [0.1, 0.15) is 0 Å². The van der Waals surface area contributed by atoms with Gasteiger partial charge in [0.25, 0.3) is 0 Å². The average molecular weight is 483 g/mol. The Balaban J connectivity index is 1.70. The zero-order chi connectivity index (χ0) is 24.0. The number of carbonyl (C=O) groups excluding carboxylic acids is 2. The third-order valence-electron chi connectivity index (χ3n) is 6.41. The number of sulfonamides is 1. The van der Waals surface area contributed by atoms with Crippen molar-refractivity contribution in [1.29, 1.82) is 0 Å². The molecule has 1 aliphatic carbocycles. The second-order valence-electron chi connectivity index (χ2n) is 8.61. The van der Waals surface area contributed by atoms with Crippen LogP contribution in [0.5, 0.6) is 0 Å². The van der Waals surface area contributed by atoms with Crippen LogP contribution < -0.4 is 0 Å². The first kappa shape index (κ1) is 23.7. The third kappa shape index (κ3) is 4.38. The second-order valence-corrected chi connectivity index (χ2v) is 10.6. The highest BCUT2D eigenvalue weighted by Gasteiger charge is 2.48. The fraction of sp³-hybridized carbons (Fsp3) is 0.478. The van der Waals surface area contributed by atoms with E-state index in [1.165, 1.54) is 22.5 Å². The Hall–Kier alpha value is -2.46. The van der Waals surface area contributed by atoms with E-state index in [4.69, 9.17) is 0 Å². The molecule has 0 spiro atoms. The minimum Gasteiger partial charge on any atom is -0.317 e. The number of aryl methyl sites for hydroxylation is 1. The van der Waals surface area contributed by atoms with E-state index < -0.39 is 33.7 Å². The molecule has 10 heteroatoms. The van der Waals surface area contributed by atoms with Crippen molar-refractivity contribution in [1.82, 2.24) is 8.87 Å². The van der Waals surface area contributed by atoms with E-state index in [0.717, 1.165) is 25.7 Å². The van der Waals surface area contributed by atoms with E-state index in [2.05, 4.69) is 0 Å². The third-order valence-corrected chi connectivity index (χ3v) is 8.31. The summed E-state index contributed by atoms with van der Waals surface area (Å²) in [6.07, 6.45) is -1.60. The predicted molar refractivity (Wildman–Crippen MR) is 115 cm³/mol. The van der Waals surface area contributed by atoms with Gasteiger partial charge in [-0.05, 0) is 56.9 Å². The largest absolute Gasteiger partial charge is 0.450 e. The monoisotopic (exact) mass is 482 g/mol. The van der Waals surface area contributed by atoms with Crippen LogP contribution in [-0.2, 0) is 21.2 Å². The van der Waals surface area contributed by atoms with Crippen molar-refractivity contribution in [3.8, 4) is 5.69 Å². The van der Waals surface area contributed by atoms with Crippen molar-refractivity contribution in [2.75, 3.05) is 13.1 Å².